The predicted octanol–water partition coefficient (Wildman–Crippen LogP) is 4.06. The fourth-order valence-corrected chi connectivity index (χ4v) is 3.94. The maximum Gasteiger partial charge on any atom is 0.242 e. The lowest BCUT2D eigenvalue weighted by Crippen LogP contribution is -2.51. The molecule has 154 valence electrons. The molecule has 4 heteroatoms. The van der Waals surface area contributed by atoms with E-state index in [0.717, 1.165) is 24.8 Å². The maximum atomic E-state index is 13.1. The lowest BCUT2D eigenvalue weighted by atomic mass is 10.1. The van der Waals surface area contributed by atoms with E-state index in [1.807, 2.05) is 56.3 Å². The van der Waals surface area contributed by atoms with Crippen molar-refractivity contribution in [2.45, 2.75) is 64.5 Å². The van der Waals surface area contributed by atoms with Gasteiger partial charge in [0.15, 0.2) is 0 Å². The molecule has 1 aliphatic carbocycles. The molecular weight excluding hydrogens is 360 g/mol. The molecule has 0 bridgehead atoms. The van der Waals surface area contributed by atoms with E-state index in [-0.39, 0.29) is 17.9 Å². The Kier molecular flexibility index (Phi) is 7.45. The summed E-state index contributed by atoms with van der Waals surface area (Å²) in [6.45, 7) is 4.42. The van der Waals surface area contributed by atoms with Gasteiger partial charge in [-0.3, -0.25) is 9.59 Å². The lowest BCUT2D eigenvalue weighted by Gasteiger charge is -2.30. The molecule has 1 saturated carbocycles. The van der Waals surface area contributed by atoms with Crippen molar-refractivity contribution in [3.8, 4) is 0 Å². The van der Waals surface area contributed by atoms with Crippen LogP contribution in [0.4, 0.5) is 0 Å². The molecule has 4 nitrogen and oxygen atoms in total. The van der Waals surface area contributed by atoms with Crippen LogP contribution in [0.1, 0.15) is 49.3 Å². The number of amides is 2. The van der Waals surface area contributed by atoms with Gasteiger partial charge in [-0.1, -0.05) is 73.0 Å². The third-order valence-corrected chi connectivity index (χ3v) is 5.83. The molecule has 1 atom stereocenters. The van der Waals surface area contributed by atoms with Gasteiger partial charge in [0.05, 0.1) is 6.42 Å². The summed E-state index contributed by atoms with van der Waals surface area (Å²) in [5, 5.41) is 3.15. The van der Waals surface area contributed by atoms with Crippen molar-refractivity contribution in [2.24, 2.45) is 0 Å². The number of aryl methyl sites for hydroxylation is 1. The van der Waals surface area contributed by atoms with Crippen LogP contribution in [0.2, 0.25) is 0 Å². The maximum absolute atomic E-state index is 13.1. The van der Waals surface area contributed by atoms with Gasteiger partial charge in [-0.15, -0.1) is 0 Å². The summed E-state index contributed by atoms with van der Waals surface area (Å²) in [5.41, 5.74) is 3.32. The van der Waals surface area contributed by atoms with Gasteiger partial charge in [0, 0.05) is 12.6 Å². The van der Waals surface area contributed by atoms with Gasteiger partial charge in [-0.25, -0.2) is 0 Å². The highest BCUT2D eigenvalue weighted by atomic mass is 16.2. The van der Waals surface area contributed by atoms with Crippen LogP contribution in [0.15, 0.2) is 54.6 Å². The first-order valence-electron chi connectivity index (χ1n) is 10.7. The average molecular weight is 393 g/mol. The molecule has 1 N–H and O–H groups in total. The van der Waals surface area contributed by atoms with E-state index in [0.29, 0.717) is 13.0 Å². The Morgan fingerprint density at radius 1 is 1.00 bits per heavy atom. The molecule has 0 aliphatic heterocycles. The van der Waals surface area contributed by atoms with Crippen molar-refractivity contribution in [3.63, 3.8) is 0 Å². The number of nitrogens with one attached hydrogen (secondary N) is 1. The van der Waals surface area contributed by atoms with E-state index in [9.17, 15) is 9.59 Å². The van der Waals surface area contributed by atoms with Gasteiger partial charge >= 0.3 is 0 Å². The van der Waals surface area contributed by atoms with Crippen molar-refractivity contribution in [1.29, 1.82) is 0 Å². The molecule has 1 aliphatic rings. The zero-order valence-electron chi connectivity index (χ0n) is 17.6. The zero-order valence-corrected chi connectivity index (χ0v) is 17.6. The SMILES string of the molecule is Cc1ccc(CC(=O)N(CCc2ccccc2)C(C)C(=O)NC2CCCC2)cc1. The summed E-state index contributed by atoms with van der Waals surface area (Å²) in [4.78, 5) is 27.7. The standard InChI is InChI=1S/C25H32N2O2/c1-19-12-14-22(15-13-19)18-24(28)27(17-16-21-8-4-3-5-9-21)20(2)25(29)26-23-10-6-7-11-23/h3-5,8-9,12-15,20,23H,6-7,10-11,16-18H2,1-2H3,(H,26,29). The highest BCUT2D eigenvalue weighted by Gasteiger charge is 2.28. The smallest absolute Gasteiger partial charge is 0.242 e. The van der Waals surface area contributed by atoms with Crippen LogP contribution in [-0.4, -0.2) is 35.3 Å². The Hall–Kier alpha value is -2.62. The average Bonchev–Trinajstić information content (AvgIpc) is 3.23. The van der Waals surface area contributed by atoms with Crippen molar-refractivity contribution >= 4 is 11.8 Å². The minimum absolute atomic E-state index is 0.00106. The van der Waals surface area contributed by atoms with E-state index < -0.39 is 6.04 Å². The Bertz CT molecular complexity index is 795. The fraction of sp³-hybridized carbons (Fsp3) is 0.440. The largest absolute Gasteiger partial charge is 0.352 e. The summed E-state index contributed by atoms with van der Waals surface area (Å²) in [5.74, 6) is -0.0407. The number of nitrogens with zero attached hydrogens (tertiary/aromatic N) is 1. The number of carbonyl (C=O) groups is 2. The van der Waals surface area contributed by atoms with Crippen LogP contribution in [0.25, 0.3) is 0 Å². The fourth-order valence-electron chi connectivity index (χ4n) is 3.94. The first-order valence-corrected chi connectivity index (χ1v) is 10.7. The summed E-state index contributed by atoms with van der Waals surface area (Å²) >= 11 is 0. The Morgan fingerprint density at radius 2 is 1.66 bits per heavy atom. The number of hydrogen-bond donors (Lipinski definition) is 1. The summed E-state index contributed by atoms with van der Waals surface area (Å²) in [6.07, 6.45) is 5.48. The second-order valence-corrected chi connectivity index (χ2v) is 8.15. The summed E-state index contributed by atoms with van der Waals surface area (Å²) in [7, 11) is 0. The first kappa shape index (κ1) is 21.1. The summed E-state index contributed by atoms with van der Waals surface area (Å²) in [6, 6.07) is 17.9. The summed E-state index contributed by atoms with van der Waals surface area (Å²) < 4.78 is 0. The van der Waals surface area contributed by atoms with Crippen LogP contribution in [-0.2, 0) is 22.4 Å². The molecule has 29 heavy (non-hydrogen) atoms. The van der Waals surface area contributed by atoms with Gasteiger partial charge in [0.25, 0.3) is 0 Å². The normalized spacial score (nSPS) is 15.1. The van der Waals surface area contributed by atoms with Crippen LogP contribution in [0.5, 0.6) is 0 Å². The highest BCUT2D eigenvalue weighted by Crippen LogP contribution is 2.18. The second kappa shape index (κ2) is 10.2. The van der Waals surface area contributed by atoms with Crippen molar-refractivity contribution in [2.75, 3.05) is 6.54 Å². The van der Waals surface area contributed by atoms with Crippen LogP contribution in [0, 0.1) is 6.92 Å². The minimum atomic E-state index is -0.475. The van der Waals surface area contributed by atoms with Crippen molar-refractivity contribution in [3.05, 3.63) is 71.3 Å². The first-order chi connectivity index (χ1) is 14.0. The predicted molar refractivity (Wildman–Crippen MR) is 117 cm³/mol. The molecule has 0 saturated heterocycles. The third-order valence-electron chi connectivity index (χ3n) is 5.83. The molecule has 2 aromatic rings. The third kappa shape index (κ3) is 6.18. The Balaban J connectivity index is 1.69. The number of carbonyl (C=O) groups excluding carboxylic acids is 2. The van der Waals surface area contributed by atoms with Gasteiger partial charge in [0.1, 0.15) is 6.04 Å². The van der Waals surface area contributed by atoms with E-state index in [2.05, 4.69) is 17.4 Å². The number of benzene rings is 2. The van der Waals surface area contributed by atoms with Gasteiger partial charge < -0.3 is 10.2 Å². The van der Waals surface area contributed by atoms with Crippen LogP contribution >= 0.6 is 0 Å². The van der Waals surface area contributed by atoms with E-state index in [1.54, 1.807) is 4.90 Å². The molecule has 2 aromatic carbocycles. The topological polar surface area (TPSA) is 49.4 Å². The zero-order chi connectivity index (χ0) is 20.6. The molecule has 1 unspecified atom stereocenters. The molecule has 3 rings (SSSR count). The molecule has 0 radical (unpaired) electrons. The van der Waals surface area contributed by atoms with Crippen molar-refractivity contribution < 1.29 is 9.59 Å². The van der Waals surface area contributed by atoms with Crippen LogP contribution in [0.3, 0.4) is 0 Å². The van der Waals surface area contributed by atoms with Gasteiger partial charge in [-0.2, -0.15) is 0 Å². The number of rotatable bonds is 8. The van der Waals surface area contributed by atoms with Crippen LogP contribution < -0.4 is 5.32 Å². The minimum Gasteiger partial charge on any atom is -0.352 e. The molecule has 1 fully saturated rings. The Labute approximate surface area is 174 Å². The molecule has 2 amide bonds. The molecule has 0 spiro atoms. The van der Waals surface area contributed by atoms with E-state index in [1.165, 1.54) is 24.0 Å². The second-order valence-electron chi connectivity index (χ2n) is 8.15. The highest BCUT2D eigenvalue weighted by molar-refractivity contribution is 5.88. The molecule has 0 heterocycles. The number of hydrogen-bond acceptors (Lipinski definition) is 2. The molecular formula is C25H32N2O2. The van der Waals surface area contributed by atoms with E-state index in [4.69, 9.17) is 0 Å². The van der Waals surface area contributed by atoms with Gasteiger partial charge in [-0.05, 0) is 44.2 Å². The monoisotopic (exact) mass is 392 g/mol. The Morgan fingerprint density at radius 3 is 2.31 bits per heavy atom. The van der Waals surface area contributed by atoms with Gasteiger partial charge in [0.2, 0.25) is 11.8 Å². The quantitative estimate of drug-likeness (QED) is 0.737. The molecule has 0 aromatic heterocycles. The van der Waals surface area contributed by atoms with E-state index >= 15 is 0 Å². The van der Waals surface area contributed by atoms with Crippen molar-refractivity contribution in [1.82, 2.24) is 10.2 Å². The lowest BCUT2D eigenvalue weighted by molar-refractivity contribution is -0.139.